The zero-order chi connectivity index (χ0) is 9.42. The molecule has 4 N–H and O–H groups in total. The molecule has 3 unspecified atom stereocenters. The van der Waals surface area contributed by atoms with Crippen molar-refractivity contribution in [2.45, 2.75) is 25.3 Å². The van der Waals surface area contributed by atoms with E-state index in [4.69, 9.17) is 15.9 Å². The van der Waals surface area contributed by atoms with Crippen LogP contribution in [0.15, 0.2) is 16.5 Å². The third-order valence-corrected chi connectivity index (χ3v) is 2.74. The van der Waals surface area contributed by atoms with Gasteiger partial charge in [-0.2, -0.15) is 0 Å². The zero-order valence-corrected chi connectivity index (χ0v) is 7.86. The Morgan fingerprint density at radius 2 is 2.31 bits per heavy atom. The lowest BCUT2D eigenvalue weighted by atomic mass is 10.2. The fraction of sp³-hybridized carbons (Fsp3) is 0.600. The van der Waals surface area contributed by atoms with Crippen LogP contribution in [0.25, 0.3) is 0 Å². The van der Waals surface area contributed by atoms with Crippen molar-refractivity contribution in [3.05, 3.63) is 23.7 Å². The highest BCUT2D eigenvalue weighted by Crippen LogP contribution is 2.47. The third kappa shape index (κ3) is 1.62. The minimum atomic E-state index is -0.150. The Labute approximate surface area is 78.1 Å². The van der Waals surface area contributed by atoms with Gasteiger partial charge in [0.15, 0.2) is 0 Å². The van der Waals surface area contributed by atoms with Gasteiger partial charge in [0.1, 0.15) is 11.5 Å². The molecule has 0 radical (unpaired) electrons. The van der Waals surface area contributed by atoms with Gasteiger partial charge in [-0.25, -0.2) is 0 Å². The normalized spacial score (nSPS) is 28.8. The van der Waals surface area contributed by atoms with Crippen LogP contribution in [0, 0.1) is 5.92 Å². The number of furan rings is 1. The van der Waals surface area contributed by atoms with E-state index in [0.29, 0.717) is 12.5 Å². The van der Waals surface area contributed by atoms with Crippen LogP contribution >= 0.6 is 0 Å². The molecule has 0 spiro atoms. The number of rotatable bonds is 3. The highest BCUT2D eigenvalue weighted by atomic mass is 16.3. The van der Waals surface area contributed by atoms with Crippen molar-refractivity contribution < 1.29 is 4.42 Å². The summed E-state index contributed by atoms with van der Waals surface area (Å²) >= 11 is 0. The topological polar surface area (TPSA) is 65.2 Å². The number of hydrogen-bond donors (Lipinski definition) is 2. The van der Waals surface area contributed by atoms with Gasteiger partial charge in [-0.15, -0.1) is 0 Å². The van der Waals surface area contributed by atoms with Gasteiger partial charge in [0.25, 0.3) is 0 Å². The van der Waals surface area contributed by atoms with Crippen LogP contribution in [0.1, 0.15) is 36.8 Å². The second-order valence-corrected chi connectivity index (χ2v) is 3.90. The molecule has 3 nitrogen and oxygen atoms in total. The minimum absolute atomic E-state index is 0.150. The molecule has 13 heavy (non-hydrogen) atoms. The van der Waals surface area contributed by atoms with Crippen molar-refractivity contribution in [1.82, 2.24) is 0 Å². The first kappa shape index (κ1) is 8.78. The van der Waals surface area contributed by atoms with Crippen LogP contribution in [-0.2, 0) is 0 Å². The predicted molar refractivity (Wildman–Crippen MR) is 51.2 cm³/mol. The molecular weight excluding hydrogens is 164 g/mol. The maximum atomic E-state index is 5.74. The third-order valence-electron chi connectivity index (χ3n) is 2.74. The van der Waals surface area contributed by atoms with Crippen molar-refractivity contribution in [1.29, 1.82) is 0 Å². The van der Waals surface area contributed by atoms with Crippen LogP contribution in [0.4, 0.5) is 0 Å². The van der Waals surface area contributed by atoms with E-state index in [0.717, 1.165) is 17.4 Å². The van der Waals surface area contributed by atoms with E-state index in [1.54, 1.807) is 0 Å². The number of hydrogen-bond acceptors (Lipinski definition) is 3. The standard InChI is InChI=1S/C10H16N2O/c1-6-4-7(6)9-2-3-10(13-9)8(12)5-11/h2-3,6-8H,4-5,11-12H2,1H3. The Morgan fingerprint density at radius 1 is 1.62 bits per heavy atom. The maximum Gasteiger partial charge on any atom is 0.122 e. The quantitative estimate of drug-likeness (QED) is 0.738. The summed E-state index contributed by atoms with van der Waals surface area (Å²) < 4.78 is 5.63. The van der Waals surface area contributed by atoms with Crippen LogP contribution in [0.2, 0.25) is 0 Å². The van der Waals surface area contributed by atoms with Crippen molar-refractivity contribution >= 4 is 0 Å². The molecule has 1 saturated carbocycles. The Hall–Kier alpha value is -0.800. The van der Waals surface area contributed by atoms with Crippen molar-refractivity contribution in [2.75, 3.05) is 6.54 Å². The Bertz CT molecular complexity index is 276. The molecule has 1 fully saturated rings. The monoisotopic (exact) mass is 180 g/mol. The lowest BCUT2D eigenvalue weighted by molar-refractivity contribution is 0.432. The van der Waals surface area contributed by atoms with Gasteiger partial charge in [-0.05, 0) is 24.5 Å². The summed E-state index contributed by atoms with van der Waals surface area (Å²) in [7, 11) is 0. The molecule has 0 bridgehead atoms. The SMILES string of the molecule is CC1CC1c1ccc(C(N)CN)o1. The van der Waals surface area contributed by atoms with Crippen molar-refractivity contribution in [2.24, 2.45) is 17.4 Å². The van der Waals surface area contributed by atoms with Crippen LogP contribution < -0.4 is 11.5 Å². The van der Waals surface area contributed by atoms with E-state index in [1.165, 1.54) is 6.42 Å². The zero-order valence-electron chi connectivity index (χ0n) is 7.86. The van der Waals surface area contributed by atoms with Crippen LogP contribution in [0.3, 0.4) is 0 Å². The first-order valence-electron chi connectivity index (χ1n) is 4.77. The summed E-state index contributed by atoms with van der Waals surface area (Å²) in [6.45, 7) is 2.67. The fourth-order valence-corrected chi connectivity index (χ4v) is 1.60. The molecule has 0 amide bonds. The van der Waals surface area contributed by atoms with Gasteiger partial charge in [-0.1, -0.05) is 6.92 Å². The summed E-state index contributed by atoms with van der Waals surface area (Å²) in [6, 6.07) is 3.82. The van der Waals surface area contributed by atoms with E-state index < -0.39 is 0 Å². The average molecular weight is 180 g/mol. The average Bonchev–Trinajstić information content (AvgIpc) is 2.70. The van der Waals surface area contributed by atoms with E-state index in [9.17, 15) is 0 Å². The summed E-state index contributed by atoms with van der Waals surface area (Å²) in [5, 5.41) is 0. The molecule has 72 valence electrons. The van der Waals surface area contributed by atoms with Gasteiger partial charge >= 0.3 is 0 Å². The van der Waals surface area contributed by atoms with Crippen molar-refractivity contribution in [3.8, 4) is 0 Å². The molecule has 2 rings (SSSR count). The molecule has 3 atom stereocenters. The van der Waals surface area contributed by atoms with E-state index in [2.05, 4.69) is 6.92 Å². The molecule has 1 aliphatic carbocycles. The lowest BCUT2D eigenvalue weighted by Gasteiger charge is -2.03. The van der Waals surface area contributed by atoms with Gasteiger partial charge in [0.2, 0.25) is 0 Å². The summed E-state index contributed by atoms with van der Waals surface area (Å²) in [5.41, 5.74) is 11.2. The van der Waals surface area contributed by atoms with Crippen molar-refractivity contribution in [3.63, 3.8) is 0 Å². The van der Waals surface area contributed by atoms with Gasteiger partial charge in [-0.3, -0.25) is 0 Å². The second kappa shape index (κ2) is 3.16. The maximum absolute atomic E-state index is 5.74. The molecular formula is C10H16N2O. The van der Waals surface area contributed by atoms with Crippen LogP contribution in [0.5, 0.6) is 0 Å². The molecule has 3 heteroatoms. The smallest absolute Gasteiger partial charge is 0.122 e. The molecule has 1 heterocycles. The molecule has 0 saturated heterocycles. The largest absolute Gasteiger partial charge is 0.464 e. The highest BCUT2D eigenvalue weighted by Gasteiger charge is 2.36. The van der Waals surface area contributed by atoms with Gasteiger partial charge < -0.3 is 15.9 Å². The second-order valence-electron chi connectivity index (χ2n) is 3.90. The Morgan fingerprint density at radius 3 is 2.85 bits per heavy atom. The number of nitrogens with two attached hydrogens (primary N) is 2. The first-order chi connectivity index (χ1) is 6.22. The minimum Gasteiger partial charge on any atom is -0.464 e. The molecule has 0 aromatic carbocycles. The molecule has 1 aromatic heterocycles. The van der Waals surface area contributed by atoms with Gasteiger partial charge in [0.05, 0.1) is 6.04 Å². The van der Waals surface area contributed by atoms with E-state index in [-0.39, 0.29) is 6.04 Å². The van der Waals surface area contributed by atoms with Gasteiger partial charge in [0, 0.05) is 12.5 Å². The highest BCUT2D eigenvalue weighted by molar-refractivity contribution is 5.19. The lowest BCUT2D eigenvalue weighted by Crippen LogP contribution is -2.19. The Balaban J connectivity index is 2.09. The van der Waals surface area contributed by atoms with Crippen LogP contribution in [-0.4, -0.2) is 6.54 Å². The molecule has 0 aliphatic heterocycles. The van der Waals surface area contributed by atoms with E-state index >= 15 is 0 Å². The first-order valence-corrected chi connectivity index (χ1v) is 4.77. The Kier molecular flexibility index (Phi) is 2.14. The predicted octanol–water partition coefficient (Wildman–Crippen LogP) is 1.36. The van der Waals surface area contributed by atoms with E-state index in [1.807, 2.05) is 12.1 Å². The summed E-state index contributed by atoms with van der Waals surface area (Å²) in [6.07, 6.45) is 1.24. The summed E-state index contributed by atoms with van der Waals surface area (Å²) in [5.74, 6) is 3.29. The molecule has 1 aliphatic rings. The molecule has 1 aromatic rings. The fourth-order valence-electron chi connectivity index (χ4n) is 1.60. The summed E-state index contributed by atoms with van der Waals surface area (Å²) in [4.78, 5) is 0.